The zero-order valence-corrected chi connectivity index (χ0v) is 14.0. The summed E-state index contributed by atoms with van der Waals surface area (Å²) in [4.78, 5) is 38.8. The van der Waals surface area contributed by atoms with Gasteiger partial charge in [0.1, 0.15) is 5.75 Å². The summed E-state index contributed by atoms with van der Waals surface area (Å²) >= 11 is 0. The van der Waals surface area contributed by atoms with Crippen LogP contribution in [-0.4, -0.2) is 17.8 Å². The molecule has 0 unspecified atom stereocenters. The van der Waals surface area contributed by atoms with Crippen molar-refractivity contribution < 1.29 is 23.5 Å². The number of furan rings is 1. The predicted octanol–water partition coefficient (Wildman–Crippen LogP) is 3.03. The monoisotopic (exact) mass is 351 g/mol. The molecular formula is C20H17NO5. The molecule has 2 aliphatic carbocycles. The number of carbonyl (C=O) groups is 3. The summed E-state index contributed by atoms with van der Waals surface area (Å²) in [7, 11) is 0. The topological polar surface area (TPSA) is 76.8 Å². The highest BCUT2D eigenvalue weighted by molar-refractivity contribution is 6.22. The first kappa shape index (κ1) is 15.4. The lowest BCUT2D eigenvalue weighted by atomic mass is 9.81. The Kier molecular flexibility index (Phi) is 3.29. The van der Waals surface area contributed by atoms with Crippen molar-refractivity contribution >= 4 is 23.5 Å². The number of amides is 2. The Morgan fingerprint density at radius 3 is 2.23 bits per heavy atom. The lowest BCUT2D eigenvalue weighted by Gasteiger charge is -2.19. The number of esters is 1. The molecule has 2 amide bonds. The number of imide groups is 1. The van der Waals surface area contributed by atoms with E-state index in [1.54, 1.807) is 30.3 Å². The molecule has 132 valence electrons. The highest BCUT2D eigenvalue weighted by atomic mass is 16.5. The summed E-state index contributed by atoms with van der Waals surface area (Å²) in [5, 5.41) is 0. The third-order valence-electron chi connectivity index (χ3n) is 5.96. The van der Waals surface area contributed by atoms with Crippen molar-refractivity contribution in [3.05, 3.63) is 48.4 Å². The van der Waals surface area contributed by atoms with Crippen LogP contribution in [0.3, 0.4) is 0 Å². The molecule has 0 radical (unpaired) electrons. The minimum atomic E-state index is -0.595. The van der Waals surface area contributed by atoms with E-state index < -0.39 is 5.97 Å². The van der Waals surface area contributed by atoms with Crippen molar-refractivity contribution in [3.63, 3.8) is 0 Å². The summed E-state index contributed by atoms with van der Waals surface area (Å²) in [5.41, 5.74) is 0.534. The van der Waals surface area contributed by atoms with Crippen LogP contribution < -0.4 is 9.64 Å². The Labute approximate surface area is 149 Å². The quantitative estimate of drug-likeness (QED) is 0.483. The largest absolute Gasteiger partial charge is 0.457 e. The average Bonchev–Trinajstić information content (AvgIpc) is 3.41. The molecule has 5 rings (SSSR count). The predicted molar refractivity (Wildman–Crippen MR) is 90.4 cm³/mol. The number of carbonyl (C=O) groups excluding carboxylic acids is 3. The van der Waals surface area contributed by atoms with Crippen LogP contribution in [0.4, 0.5) is 5.69 Å². The number of rotatable bonds is 3. The zero-order chi connectivity index (χ0) is 17.8. The van der Waals surface area contributed by atoms with Gasteiger partial charge in [0.05, 0.1) is 23.8 Å². The number of hydrogen-bond acceptors (Lipinski definition) is 5. The van der Waals surface area contributed by atoms with Crippen LogP contribution in [0.25, 0.3) is 0 Å². The van der Waals surface area contributed by atoms with Crippen LogP contribution in [0.5, 0.6) is 5.75 Å². The van der Waals surface area contributed by atoms with Crippen molar-refractivity contribution in [1.29, 1.82) is 0 Å². The maximum atomic E-state index is 12.8. The fraction of sp³-hybridized carbons (Fsp3) is 0.350. The second kappa shape index (κ2) is 5.56. The molecule has 2 heterocycles. The summed E-state index contributed by atoms with van der Waals surface area (Å²) in [6.07, 6.45) is 4.53. The van der Waals surface area contributed by atoms with E-state index in [-0.39, 0.29) is 29.4 Å². The van der Waals surface area contributed by atoms with Gasteiger partial charge in [-0.3, -0.25) is 14.5 Å². The van der Waals surface area contributed by atoms with Crippen molar-refractivity contribution in [2.75, 3.05) is 4.90 Å². The smallest absolute Gasteiger partial charge is 0.379 e. The van der Waals surface area contributed by atoms with Gasteiger partial charge in [-0.05, 0) is 67.5 Å². The van der Waals surface area contributed by atoms with E-state index in [2.05, 4.69) is 0 Å². The van der Waals surface area contributed by atoms with Gasteiger partial charge < -0.3 is 9.15 Å². The Balaban J connectivity index is 1.36. The first-order valence-electron chi connectivity index (χ1n) is 8.87. The molecule has 4 atom stereocenters. The van der Waals surface area contributed by atoms with Crippen molar-refractivity contribution in [2.24, 2.45) is 23.7 Å². The lowest BCUT2D eigenvalue weighted by molar-refractivity contribution is -0.123. The first-order chi connectivity index (χ1) is 12.6. The van der Waals surface area contributed by atoms with Crippen molar-refractivity contribution in [3.8, 4) is 5.75 Å². The highest BCUT2D eigenvalue weighted by Gasteiger charge is 2.61. The molecular weight excluding hydrogens is 334 g/mol. The Morgan fingerprint density at radius 1 is 1.00 bits per heavy atom. The van der Waals surface area contributed by atoms with E-state index in [0.717, 1.165) is 19.3 Å². The van der Waals surface area contributed by atoms with Crippen LogP contribution in [0.2, 0.25) is 0 Å². The van der Waals surface area contributed by atoms with Gasteiger partial charge in [0.2, 0.25) is 17.6 Å². The van der Waals surface area contributed by atoms with Crippen LogP contribution in [0.15, 0.2) is 47.1 Å². The molecule has 1 aromatic heterocycles. The van der Waals surface area contributed by atoms with Crippen LogP contribution >= 0.6 is 0 Å². The molecule has 3 aliphatic rings. The number of benzene rings is 1. The molecule has 2 bridgehead atoms. The van der Waals surface area contributed by atoms with Gasteiger partial charge in [-0.1, -0.05) is 0 Å². The third kappa shape index (κ3) is 2.14. The van der Waals surface area contributed by atoms with E-state index in [0.29, 0.717) is 23.3 Å². The second-order valence-electron chi connectivity index (χ2n) is 7.26. The summed E-state index contributed by atoms with van der Waals surface area (Å²) in [5.74, 6) is 0.134. The Hall–Kier alpha value is -2.89. The number of fused-ring (bicyclic) bond motifs is 5. The van der Waals surface area contributed by atoms with Gasteiger partial charge >= 0.3 is 5.97 Å². The molecule has 0 N–H and O–H groups in total. The summed E-state index contributed by atoms with van der Waals surface area (Å²) in [6, 6.07) is 9.57. The van der Waals surface area contributed by atoms with E-state index >= 15 is 0 Å². The fourth-order valence-corrected chi connectivity index (χ4v) is 4.88. The average molecular weight is 351 g/mol. The van der Waals surface area contributed by atoms with E-state index in [1.807, 2.05) is 0 Å². The molecule has 3 fully saturated rings. The van der Waals surface area contributed by atoms with Gasteiger partial charge in [-0.15, -0.1) is 0 Å². The van der Waals surface area contributed by atoms with Crippen LogP contribution in [0.1, 0.15) is 29.8 Å². The maximum absolute atomic E-state index is 12.8. The normalized spacial score (nSPS) is 29.3. The molecule has 1 saturated heterocycles. The fourth-order valence-electron chi connectivity index (χ4n) is 4.88. The molecule has 1 aliphatic heterocycles. The minimum absolute atomic E-state index is 0.0764. The standard InChI is InChI=1S/C20H17NO5/c22-18-16-11-3-4-12(10-11)17(16)19(23)21(18)13-5-7-14(8-6-13)26-20(24)15-2-1-9-25-15/h1-2,5-9,11-12,16-17H,3-4,10H2/t11-,12-,16-,17+/m0/s1. The van der Waals surface area contributed by atoms with Gasteiger partial charge in [0.25, 0.3) is 0 Å². The zero-order valence-electron chi connectivity index (χ0n) is 14.0. The van der Waals surface area contributed by atoms with Gasteiger partial charge in [-0.25, -0.2) is 4.79 Å². The highest BCUT2D eigenvalue weighted by Crippen LogP contribution is 2.56. The molecule has 2 saturated carbocycles. The third-order valence-corrected chi connectivity index (χ3v) is 5.96. The van der Waals surface area contributed by atoms with Crippen LogP contribution in [0, 0.1) is 23.7 Å². The SMILES string of the molecule is O=C(Oc1ccc(N2C(=O)[C@@H]3[C@H]4CC[C@@H](C4)[C@@H]3C2=O)cc1)c1ccco1. The number of ether oxygens (including phenoxy) is 1. The van der Waals surface area contributed by atoms with E-state index in [1.165, 1.54) is 17.2 Å². The lowest BCUT2D eigenvalue weighted by Crippen LogP contribution is -2.32. The molecule has 0 spiro atoms. The molecule has 6 nitrogen and oxygen atoms in total. The number of nitrogens with zero attached hydrogens (tertiary/aromatic N) is 1. The van der Waals surface area contributed by atoms with Gasteiger partial charge in [-0.2, -0.15) is 0 Å². The Morgan fingerprint density at radius 2 is 1.65 bits per heavy atom. The van der Waals surface area contributed by atoms with Gasteiger partial charge in [0.15, 0.2) is 0 Å². The van der Waals surface area contributed by atoms with E-state index in [9.17, 15) is 14.4 Å². The summed E-state index contributed by atoms with van der Waals surface area (Å²) < 4.78 is 10.2. The summed E-state index contributed by atoms with van der Waals surface area (Å²) in [6.45, 7) is 0. The minimum Gasteiger partial charge on any atom is -0.457 e. The van der Waals surface area contributed by atoms with Gasteiger partial charge in [0, 0.05) is 0 Å². The Bertz CT molecular complexity index is 857. The molecule has 1 aromatic carbocycles. The number of anilines is 1. The number of hydrogen-bond donors (Lipinski definition) is 0. The van der Waals surface area contributed by atoms with Crippen LogP contribution in [-0.2, 0) is 9.59 Å². The molecule has 6 heteroatoms. The first-order valence-corrected chi connectivity index (χ1v) is 8.87. The molecule has 26 heavy (non-hydrogen) atoms. The van der Waals surface area contributed by atoms with Crippen molar-refractivity contribution in [1.82, 2.24) is 0 Å². The van der Waals surface area contributed by atoms with E-state index in [4.69, 9.17) is 9.15 Å². The maximum Gasteiger partial charge on any atom is 0.379 e. The second-order valence-corrected chi connectivity index (χ2v) is 7.26. The molecule has 2 aromatic rings. The van der Waals surface area contributed by atoms with Crippen molar-refractivity contribution in [2.45, 2.75) is 19.3 Å².